The second kappa shape index (κ2) is 5.93. The molecule has 0 aromatic heterocycles. The standard InChI is InChI=1S/C16H25N3/c1-18-10-11-19(12-14-6-8-17-9-7-14)13-15-4-2-3-5-16(15)18/h2-5,14,17H,6-13H2,1H3. The number of hydrogen-bond acceptors (Lipinski definition) is 3. The van der Waals surface area contributed by atoms with Crippen molar-refractivity contribution in [3.63, 3.8) is 0 Å². The molecule has 3 nitrogen and oxygen atoms in total. The minimum Gasteiger partial charge on any atom is -0.373 e. The molecule has 3 heteroatoms. The van der Waals surface area contributed by atoms with Crippen LogP contribution < -0.4 is 10.2 Å². The lowest BCUT2D eigenvalue weighted by Gasteiger charge is -2.29. The lowest BCUT2D eigenvalue weighted by molar-refractivity contribution is 0.206. The van der Waals surface area contributed by atoms with E-state index >= 15 is 0 Å². The van der Waals surface area contributed by atoms with Gasteiger partial charge in [-0.15, -0.1) is 0 Å². The molecule has 2 aliphatic heterocycles. The third kappa shape index (κ3) is 3.10. The van der Waals surface area contributed by atoms with Crippen molar-refractivity contribution in [2.45, 2.75) is 19.4 Å². The van der Waals surface area contributed by atoms with Gasteiger partial charge in [-0.1, -0.05) is 18.2 Å². The second-order valence-corrected chi connectivity index (χ2v) is 5.98. The molecule has 0 amide bonds. The Morgan fingerprint density at radius 3 is 2.79 bits per heavy atom. The fourth-order valence-corrected chi connectivity index (χ4v) is 3.33. The summed E-state index contributed by atoms with van der Waals surface area (Å²) in [7, 11) is 2.22. The number of piperidine rings is 1. The summed E-state index contributed by atoms with van der Waals surface area (Å²) in [5, 5.41) is 3.46. The zero-order chi connectivity index (χ0) is 13.1. The van der Waals surface area contributed by atoms with E-state index in [0.717, 1.165) is 19.0 Å². The van der Waals surface area contributed by atoms with Gasteiger partial charge in [0.1, 0.15) is 0 Å². The maximum absolute atomic E-state index is 3.46. The molecule has 0 bridgehead atoms. The molecule has 2 aliphatic rings. The van der Waals surface area contributed by atoms with E-state index in [-0.39, 0.29) is 0 Å². The van der Waals surface area contributed by atoms with E-state index in [9.17, 15) is 0 Å². The fourth-order valence-electron chi connectivity index (χ4n) is 3.33. The molecule has 0 aliphatic carbocycles. The van der Waals surface area contributed by atoms with Crippen LogP contribution in [0.2, 0.25) is 0 Å². The van der Waals surface area contributed by atoms with E-state index in [1.54, 1.807) is 0 Å². The summed E-state index contributed by atoms with van der Waals surface area (Å²) in [6, 6.07) is 8.86. The normalized spacial score (nSPS) is 22.1. The van der Waals surface area contributed by atoms with E-state index in [1.165, 1.54) is 50.3 Å². The summed E-state index contributed by atoms with van der Waals surface area (Å²) in [5.74, 6) is 0.886. The molecular formula is C16H25N3. The lowest BCUT2D eigenvalue weighted by Crippen LogP contribution is -2.37. The smallest absolute Gasteiger partial charge is 0.0409 e. The first-order chi connectivity index (χ1) is 9.33. The maximum atomic E-state index is 3.46. The van der Waals surface area contributed by atoms with Gasteiger partial charge in [-0.2, -0.15) is 0 Å². The van der Waals surface area contributed by atoms with Crippen LogP contribution in [-0.2, 0) is 6.54 Å². The molecule has 0 saturated carbocycles. The highest BCUT2D eigenvalue weighted by molar-refractivity contribution is 5.53. The van der Waals surface area contributed by atoms with Gasteiger partial charge in [0.25, 0.3) is 0 Å². The number of fused-ring (bicyclic) bond motifs is 1. The van der Waals surface area contributed by atoms with Gasteiger partial charge in [-0.3, -0.25) is 4.90 Å². The van der Waals surface area contributed by atoms with Crippen molar-refractivity contribution in [2.24, 2.45) is 5.92 Å². The van der Waals surface area contributed by atoms with Crippen molar-refractivity contribution in [3.05, 3.63) is 29.8 Å². The van der Waals surface area contributed by atoms with Crippen molar-refractivity contribution < 1.29 is 0 Å². The third-order valence-corrected chi connectivity index (χ3v) is 4.52. The number of benzene rings is 1. The second-order valence-electron chi connectivity index (χ2n) is 5.98. The zero-order valence-corrected chi connectivity index (χ0v) is 11.9. The van der Waals surface area contributed by atoms with E-state index in [4.69, 9.17) is 0 Å². The van der Waals surface area contributed by atoms with Gasteiger partial charge < -0.3 is 10.2 Å². The number of nitrogens with one attached hydrogen (secondary N) is 1. The van der Waals surface area contributed by atoms with Gasteiger partial charge in [0.15, 0.2) is 0 Å². The first-order valence-corrected chi connectivity index (χ1v) is 7.55. The minimum atomic E-state index is 0.886. The van der Waals surface area contributed by atoms with Crippen LogP contribution in [0, 0.1) is 5.92 Å². The van der Waals surface area contributed by atoms with Gasteiger partial charge in [-0.25, -0.2) is 0 Å². The van der Waals surface area contributed by atoms with Crippen LogP contribution >= 0.6 is 0 Å². The molecule has 19 heavy (non-hydrogen) atoms. The number of hydrogen-bond donors (Lipinski definition) is 1. The average Bonchev–Trinajstić information content (AvgIpc) is 2.60. The van der Waals surface area contributed by atoms with Crippen LogP contribution in [0.4, 0.5) is 5.69 Å². The highest BCUT2D eigenvalue weighted by atomic mass is 15.2. The summed E-state index contributed by atoms with van der Waals surface area (Å²) in [6.07, 6.45) is 2.68. The van der Waals surface area contributed by atoms with Gasteiger partial charge in [0.05, 0.1) is 0 Å². The highest BCUT2D eigenvalue weighted by Crippen LogP contribution is 2.25. The molecule has 2 heterocycles. The zero-order valence-electron chi connectivity index (χ0n) is 11.9. The Morgan fingerprint density at radius 1 is 1.16 bits per heavy atom. The summed E-state index contributed by atoms with van der Waals surface area (Å²) in [4.78, 5) is 5.05. The van der Waals surface area contributed by atoms with Crippen LogP contribution in [0.5, 0.6) is 0 Å². The molecule has 1 N–H and O–H groups in total. The number of anilines is 1. The van der Waals surface area contributed by atoms with Crippen LogP contribution in [0.3, 0.4) is 0 Å². The Labute approximate surface area is 116 Å². The summed E-state index contributed by atoms with van der Waals surface area (Å²) >= 11 is 0. The van der Waals surface area contributed by atoms with Crippen LogP contribution in [0.15, 0.2) is 24.3 Å². The lowest BCUT2D eigenvalue weighted by atomic mass is 9.97. The van der Waals surface area contributed by atoms with E-state index in [2.05, 4.69) is 46.4 Å². The Balaban J connectivity index is 1.68. The molecule has 1 saturated heterocycles. The third-order valence-electron chi connectivity index (χ3n) is 4.52. The largest absolute Gasteiger partial charge is 0.373 e. The van der Waals surface area contributed by atoms with Crippen molar-refractivity contribution in [2.75, 3.05) is 44.7 Å². The fraction of sp³-hybridized carbons (Fsp3) is 0.625. The molecule has 1 fully saturated rings. The van der Waals surface area contributed by atoms with Crippen molar-refractivity contribution in [1.82, 2.24) is 10.2 Å². The molecular weight excluding hydrogens is 234 g/mol. The minimum absolute atomic E-state index is 0.886. The Morgan fingerprint density at radius 2 is 1.95 bits per heavy atom. The summed E-state index contributed by atoms with van der Waals surface area (Å²) in [5.41, 5.74) is 2.90. The number of nitrogens with zero attached hydrogens (tertiary/aromatic N) is 2. The topological polar surface area (TPSA) is 18.5 Å². The molecule has 0 unspecified atom stereocenters. The monoisotopic (exact) mass is 259 g/mol. The Bertz CT molecular complexity index is 412. The SMILES string of the molecule is CN1CCN(CC2CCNCC2)Cc2ccccc21. The van der Waals surface area contributed by atoms with Crippen molar-refractivity contribution in [1.29, 1.82) is 0 Å². The molecule has 0 spiro atoms. The summed E-state index contributed by atoms with van der Waals surface area (Å²) < 4.78 is 0. The van der Waals surface area contributed by atoms with Gasteiger partial charge in [0, 0.05) is 38.9 Å². The quantitative estimate of drug-likeness (QED) is 0.875. The van der Waals surface area contributed by atoms with Crippen molar-refractivity contribution in [3.8, 4) is 0 Å². The number of likely N-dealkylation sites (N-methyl/N-ethyl adjacent to an activating group) is 1. The average molecular weight is 259 g/mol. The highest BCUT2D eigenvalue weighted by Gasteiger charge is 2.21. The molecule has 104 valence electrons. The van der Waals surface area contributed by atoms with Crippen molar-refractivity contribution >= 4 is 5.69 Å². The number of para-hydroxylation sites is 1. The van der Waals surface area contributed by atoms with Crippen LogP contribution in [0.1, 0.15) is 18.4 Å². The first-order valence-electron chi connectivity index (χ1n) is 7.55. The van der Waals surface area contributed by atoms with E-state index < -0.39 is 0 Å². The molecule has 0 atom stereocenters. The first kappa shape index (κ1) is 12.9. The molecule has 1 aromatic rings. The maximum Gasteiger partial charge on any atom is 0.0409 e. The van der Waals surface area contributed by atoms with Gasteiger partial charge in [-0.05, 0) is 43.5 Å². The van der Waals surface area contributed by atoms with E-state index in [1.807, 2.05) is 0 Å². The van der Waals surface area contributed by atoms with E-state index in [0.29, 0.717) is 0 Å². The van der Waals surface area contributed by atoms with Gasteiger partial charge in [0.2, 0.25) is 0 Å². The molecule has 3 rings (SSSR count). The van der Waals surface area contributed by atoms with Crippen LogP contribution in [-0.4, -0.2) is 44.7 Å². The molecule has 1 aromatic carbocycles. The predicted molar refractivity (Wildman–Crippen MR) is 80.6 cm³/mol. The predicted octanol–water partition coefficient (Wildman–Crippen LogP) is 1.94. The van der Waals surface area contributed by atoms with Crippen LogP contribution in [0.25, 0.3) is 0 Å². The summed E-state index contributed by atoms with van der Waals surface area (Å²) in [6.45, 7) is 7.12. The number of rotatable bonds is 2. The van der Waals surface area contributed by atoms with Gasteiger partial charge >= 0.3 is 0 Å². The molecule has 0 radical (unpaired) electrons. The Kier molecular flexibility index (Phi) is 4.04. The Hall–Kier alpha value is -1.06.